The van der Waals surface area contributed by atoms with Crippen molar-refractivity contribution in [2.45, 2.75) is 53.1 Å². The Morgan fingerprint density at radius 2 is 1.55 bits per heavy atom. The molecule has 1 unspecified atom stereocenters. The molecule has 198 valence electrons. The highest BCUT2D eigenvalue weighted by atomic mass is 16.5. The van der Waals surface area contributed by atoms with Crippen LogP contribution < -0.4 is 4.74 Å². The van der Waals surface area contributed by atoms with Gasteiger partial charge in [-0.1, -0.05) is 42.0 Å². The van der Waals surface area contributed by atoms with Gasteiger partial charge in [0.25, 0.3) is 0 Å². The second-order valence-corrected chi connectivity index (χ2v) is 9.75. The third-order valence-corrected chi connectivity index (χ3v) is 6.85. The summed E-state index contributed by atoms with van der Waals surface area (Å²) >= 11 is 0. The van der Waals surface area contributed by atoms with Gasteiger partial charge in [-0.3, -0.25) is 9.59 Å². The maximum absolute atomic E-state index is 13.4. The summed E-state index contributed by atoms with van der Waals surface area (Å²) in [5.74, 6) is -3.51. The number of carbonyl (C=O) groups excluding carboxylic acids is 2. The first kappa shape index (κ1) is 26.6. The zero-order valence-corrected chi connectivity index (χ0v) is 21.6. The normalized spacial score (nSPS) is 14.5. The highest BCUT2D eigenvalue weighted by molar-refractivity contribution is 6.04. The van der Waals surface area contributed by atoms with E-state index in [0.717, 1.165) is 11.1 Å². The number of aromatic hydroxyl groups is 5. The van der Waals surface area contributed by atoms with E-state index in [4.69, 9.17) is 4.74 Å². The summed E-state index contributed by atoms with van der Waals surface area (Å²) in [4.78, 5) is 25.5. The van der Waals surface area contributed by atoms with E-state index in [0.29, 0.717) is 0 Å². The van der Waals surface area contributed by atoms with Crippen molar-refractivity contribution < 1.29 is 39.9 Å². The quantitative estimate of drug-likeness (QED) is 0.212. The average molecular weight is 519 g/mol. The van der Waals surface area contributed by atoms with Gasteiger partial charge in [-0.2, -0.15) is 0 Å². The lowest BCUT2D eigenvalue weighted by molar-refractivity contribution is 0.0841. The number of allylic oxidation sites excluding steroid dienone is 2. The van der Waals surface area contributed by atoms with E-state index in [-0.39, 0.29) is 64.1 Å². The molecule has 1 aliphatic heterocycles. The molecule has 0 radical (unpaired) electrons. The van der Waals surface area contributed by atoms with Crippen molar-refractivity contribution in [3.8, 4) is 34.5 Å². The second kappa shape index (κ2) is 10.1. The second-order valence-electron chi connectivity index (χ2n) is 9.75. The SMILES string of the molecule is CC(=O)c1c(O)c(C)c(O)c(Cc2c(O)c(CC=C(C)C)c(O)c3c2OC(c2ccccc2)CC3=O)c1O. The van der Waals surface area contributed by atoms with Crippen LogP contribution in [0.5, 0.6) is 34.5 Å². The lowest BCUT2D eigenvalue weighted by atomic mass is 9.87. The summed E-state index contributed by atoms with van der Waals surface area (Å²) < 4.78 is 6.21. The summed E-state index contributed by atoms with van der Waals surface area (Å²) in [7, 11) is 0. The van der Waals surface area contributed by atoms with E-state index in [1.165, 1.54) is 13.8 Å². The molecule has 0 saturated carbocycles. The number of benzene rings is 3. The zero-order chi connectivity index (χ0) is 27.9. The third-order valence-electron chi connectivity index (χ3n) is 6.85. The van der Waals surface area contributed by atoms with Crippen LogP contribution in [-0.2, 0) is 12.8 Å². The van der Waals surface area contributed by atoms with Crippen molar-refractivity contribution in [1.82, 2.24) is 0 Å². The van der Waals surface area contributed by atoms with Gasteiger partial charge in [0.05, 0.1) is 6.42 Å². The van der Waals surface area contributed by atoms with Crippen LogP contribution in [0.25, 0.3) is 0 Å². The number of rotatable bonds is 6. The Bertz CT molecular complexity index is 1480. The summed E-state index contributed by atoms with van der Waals surface area (Å²) in [6.45, 7) is 6.26. The summed E-state index contributed by atoms with van der Waals surface area (Å²) in [5, 5.41) is 54.5. The zero-order valence-electron chi connectivity index (χ0n) is 21.6. The highest BCUT2D eigenvalue weighted by Crippen LogP contribution is 2.51. The highest BCUT2D eigenvalue weighted by Gasteiger charge is 2.36. The van der Waals surface area contributed by atoms with Crippen LogP contribution in [0.4, 0.5) is 0 Å². The topological polar surface area (TPSA) is 145 Å². The number of phenols is 5. The largest absolute Gasteiger partial charge is 0.507 e. The minimum atomic E-state index is -0.700. The molecular formula is C30H30O8. The fraction of sp³-hybridized carbons (Fsp3) is 0.267. The standard InChI is InChI=1S/C30H30O8/c1-14(2)10-11-18-27(35)20(12-19-25(33)15(3)26(34)23(16(4)31)29(19)37)30-24(28(18)36)21(32)13-22(38-30)17-8-6-5-7-9-17/h5-10,22,33-37H,11-13H2,1-4H3. The molecule has 0 spiro atoms. The Morgan fingerprint density at radius 3 is 2.16 bits per heavy atom. The number of ether oxygens (including phenoxy) is 1. The molecular weight excluding hydrogens is 488 g/mol. The number of ketones is 2. The van der Waals surface area contributed by atoms with E-state index >= 15 is 0 Å². The Labute approximate surface area is 220 Å². The van der Waals surface area contributed by atoms with Gasteiger partial charge >= 0.3 is 0 Å². The van der Waals surface area contributed by atoms with Crippen molar-refractivity contribution in [3.63, 3.8) is 0 Å². The van der Waals surface area contributed by atoms with Crippen molar-refractivity contribution >= 4 is 11.6 Å². The van der Waals surface area contributed by atoms with E-state index in [1.807, 2.05) is 19.9 Å². The summed E-state index contributed by atoms with van der Waals surface area (Å²) in [6, 6.07) is 9.02. The Morgan fingerprint density at radius 1 is 0.895 bits per heavy atom. The third kappa shape index (κ3) is 4.53. The van der Waals surface area contributed by atoms with Gasteiger partial charge in [0.2, 0.25) is 0 Å². The van der Waals surface area contributed by atoms with Gasteiger partial charge in [0.1, 0.15) is 51.7 Å². The van der Waals surface area contributed by atoms with E-state index in [1.54, 1.807) is 30.3 Å². The monoisotopic (exact) mass is 518 g/mol. The Hall–Kier alpha value is -4.46. The molecule has 0 saturated heterocycles. The Balaban J connectivity index is 1.98. The fourth-order valence-electron chi connectivity index (χ4n) is 4.75. The number of hydrogen-bond donors (Lipinski definition) is 5. The van der Waals surface area contributed by atoms with Crippen LogP contribution in [0.3, 0.4) is 0 Å². The van der Waals surface area contributed by atoms with Crippen molar-refractivity contribution in [1.29, 1.82) is 0 Å². The van der Waals surface area contributed by atoms with Crippen molar-refractivity contribution in [2.75, 3.05) is 0 Å². The maximum atomic E-state index is 13.4. The minimum Gasteiger partial charge on any atom is -0.507 e. The van der Waals surface area contributed by atoms with Crippen LogP contribution >= 0.6 is 0 Å². The Kier molecular flexibility index (Phi) is 7.09. The number of carbonyl (C=O) groups is 2. The van der Waals surface area contributed by atoms with E-state index in [2.05, 4.69) is 0 Å². The lowest BCUT2D eigenvalue weighted by Gasteiger charge is -2.30. The molecule has 1 heterocycles. The molecule has 8 nitrogen and oxygen atoms in total. The molecule has 4 rings (SSSR count). The molecule has 1 atom stereocenters. The maximum Gasteiger partial charge on any atom is 0.174 e. The minimum absolute atomic E-state index is 0.0287. The molecule has 3 aromatic rings. The number of Topliss-reactive ketones (excluding diaryl/α,β-unsaturated/α-hetero) is 2. The van der Waals surface area contributed by atoms with Crippen molar-refractivity contribution in [2.24, 2.45) is 0 Å². The van der Waals surface area contributed by atoms with E-state index in [9.17, 15) is 35.1 Å². The smallest absolute Gasteiger partial charge is 0.174 e. The summed E-state index contributed by atoms with van der Waals surface area (Å²) in [5.41, 5.74) is 1.15. The van der Waals surface area contributed by atoms with Crippen LogP contribution in [-0.4, -0.2) is 37.1 Å². The first-order chi connectivity index (χ1) is 17.9. The lowest BCUT2D eigenvalue weighted by Crippen LogP contribution is -2.22. The molecule has 0 bridgehead atoms. The molecule has 3 aromatic carbocycles. The van der Waals surface area contributed by atoms with Crippen LogP contribution in [0.2, 0.25) is 0 Å². The average Bonchev–Trinajstić information content (AvgIpc) is 2.86. The first-order valence-electron chi connectivity index (χ1n) is 12.2. The fourth-order valence-corrected chi connectivity index (χ4v) is 4.75. The predicted octanol–water partition coefficient (Wildman–Crippen LogP) is 5.53. The van der Waals surface area contributed by atoms with Crippen LogP contribution in [0, 0.1) is 6.92 Å². The van der Waals surface area contributed by atoms with Gasteiger partial charge in [-0.15, -0.1) is 0 Å². The molecule has 1 aliphatic rings. The van der Waals surface area contributed by atoms with Gasteiger partial charge in [0.15, 0.2) is 11.6 Å². The number of phenolic OH excluding ortho intramolecular Hbond substituents is 5. The van der Waals surface area contributed by atoms with Crippen LogP contribution in [0.1, 0.15) is 81.8 Å². The van der Waals surface area contributed by atoms with Gasteiger partial charge in [-0.05, 0) is 39.7 Å². The number of fused-ring (bicyclic) bond motifs is 1. The van der Waals surface area contributed by atoms with Crippen molar-refractivity contribution in [3.05, 3.63) is 80.9 Å². The summed E-state index contributed by atoms with van der Waals surface area (Å²) in [6.07, 6.45) is 0.791. The molecule has 5 N–H and O–H groups in total. The first-order valence-corrected chi connectivity index (χ1v) is 12.2. The molecule has 38 heavy (non-hydrogen) atoms. The number of hydrogen-bond acceptors (Lipinski definition) is 8. The molecule has 0 aliphatic carbocycles. The molecule has 0 aromatic heterocycles. The van der Waals surface area contributed by atoms with Gasteiger partial charge in [-0.25, -0.2) is 0 Å². The van der Waals surface area contributed by atoms with Gasteiger partial charge in [0, 0.05) is 28.7 Å². The van der Waals surface area contributed by atoms with E-state index < -0.39 is 40.7 Å². The molecule has 0 amide bonds. The molecule has 0 fully saturated rings. The van der Waals surface area contributed by atoms with Crippen LogP contribution in [0.15, 0.2) is 42.0 Å². The van der Waals surface area contributed by atoms with Gasteiger partial charge < -0.3 is 30.3 Å². The predicted molar refractivity (Wildman–Crippen MR) is 141 cm³/mol. The molecule has 8 heteroatoms.